The Morgan fingerprint density at radius 3 is 2.10 bits per heavy atom. The molecule has 0 aliphatic carbocycles. The predicted molar refractivity (Wildman–Crippen MR) is 38.0 cm³/mol. The van der Waals surface area contributed by atoms with Crippen LogP contribution >= 0.6 is 0 Å². The fourth-order valence-electron chi connectivity index (χ4n) is 0.580. The summed E-state index contributed by atoms with van der Waals surface area (Å²) in [4.78, 5) is 10.9. The second-order valence-electron chi connectivity index (χ2n) is 2.42. The van der Waals surface area contributed by atoms with Gasteiger partial charge in [0.15, 0.2) is 5.78 Å². The Bertz CT molecular complexity index is 122. The number of hydrogen-bond donors (Lipinski definition) is 0. The lowest BCUT2D eigenvalue weighted by Gasteiger charge is -2.23. The molecule has 0 fully saturated rings. The molecule has 0 spiro atoms. The van der Waals surface area contributed by atoms with E-state index in [4.69, 9.17) is 9.47 Å². The minimum Gasteiger partial charge on any atom is -0.381 e. The van der Waals surface area contributed by atoms with Crippen LogP contribution in [0, 0.1) is 0 Å². The minimum absolute atomic E-state index is 0.0168. The molecule has 0 bridgehead atoms. The first-order chi connectivity index (χ1) is 4.56. The van der Waals surface area contributed by atoms with Crippen molar-refractivity contribution in [2.24, 2.45) is 0 Å². The van der Waals surface area contributed by atoms with E-state index >= 15 is 0 Å². The highest BCUT2D eigenvalue weighted by molar-refractivity contribution is 5.84. The molecule has 0 aliphatic heterocycles. The summed E-state index contributed by atoms with van der Waals surface area (Å²) in [6.07, 6.45) is 0. The van der Waals surface area contributed by atoms with E-state index < -0.39 is 5.60 Å². The van der Waals surface area contributed by atoms with Crippen LogP contribution in [0.1, 0.15) is 13.8 Å². The maximum atomic E-state index is 10.9. The van der Waals surface area contributed by atoms with Crippen molar-refractivity contribution in [3.05, 3.63) is 0 Å². The van der Waals surface area contributed by atoms with Gasteiger partial charge in [0, 0.05) is 14.2 Å². The summed E-state index contributed by atoms with van der Waals surface area (Å²) in [6.45, 7) is 3.50. The van der Waals surface area contributed by atoms with E-state index in [-0.39, 0.29) is 5.78 Å². The van der Waals surface area contributed by atoms with Crippen LogP contribution in [0.2, 0.25) is 0 Å². The third-order valence-electron chi connectivity index (χ3n) is 1.62. The van der Waals surface area contributed by atoms with Crippen LogP contribution in [0.4, 0.5) is 0 Å². The largest absolute Gasteiger partial charge is 0.381 e. The molecule has 0 N–H and O–H groups in total. The summed E-state index contributed by atoms with van der Waals surface area (Å²) in [5, 5.41) is 0. The Morgan fingerprint density at radius 1 is 1.50 bits per heavy atom. The van der Waals surface area contributed by atoms with E-state index in [1.807, 2.05) is 0 Å². The van der Waals surface area contributed by atoms with E-state index in [1.165, 1.54) is 14.0 Å². The predicted octanol–water partition coefficient (Wildman–Crippen LogP) is 0.627. The Balaban J connectivity index is 4.08. The maximum absolute atomic E-state index is 10.9. The van der Waals surface area contributed by atoms with Crippen molar-refractivity contribution in [2.75, 3.05) is 20.8 Å². The topological polar surface area (TPSA) is 35.5 Å². The van der Waals surface area contributed by atoms with Crippen molar-refractivity contribution in [2.45, 2.75) is 19.4 Å². The number of hydrogen-bond acceptors (Lipinski definition) is 3. The van der Waals surface area contributed by atoms with Crippen LogP contribution in [-0.2, 0) is 14.3 Å². The van der Waals surface area contributed by atoms with Gasteiger partial charge in [0.1, 0.15) is 5.60 Å². The molecule has 0 amide bonds. The first-order valence-electron chi connectivity index (χ1n) is 3.12. The fraction of sp³-hybridized carbons (Fsp3) is 0.857. The zero-order valence-electron chi connectivity index (χ0n) is 6.93. The maximum Gasteiger partial charge on any atom is 0.163 e. The normalized spacial score (nSPS) is 16.4. The highest BCUT2D eigenvalue weighted by Crippen LogP contribution is 2.09. The van der Waals surface area contributed by atoms with Crippen molar-refractivity contribution < 1.29 is 14.3 Å². The molecule has 0 rings (SSSR count). The average Bonchev–Trinajstić information content (AvgIpc) is 1.88. The van der Waals surface area contributed by atoms with Gasteiger partial charge in [0.05, 0.1) is 6.61 Å². The monoisotopic (exact) mass is 146 g/mol. The quantitative estimate of drug-likeness (QED) is 0.583. The highest BCUT2D eigenvalue weighted by Gasteiger charge is 2.28. The van der Waals surface area contributed by atoms with Gasteiger partial charge >= 0.3 is 0 Å². The van der Waals surface area contributed by atoms with Crippen LogP contribution < -0.4 is 0 Å². The molecule has 1 atom stereocenters. The fourth-order valence-corrected chi connectivity index (χ4v) is 0.580. The molecule has 1 unspecified atom stereocenters. The number of methoxy groups -OCH3 is 2. The van der Waals surface area contributed by atoms with E-state index in [1.54, 1.807) is 14.0 Å². The molecule has 3 heteroatoms. The van der Waals surface area contributed by atoms with Gasteiger partial charge in [-0.3, -0.25) is 4.79 Å². The van der Waals surface area contributed by atoms with Crippen LogP contribution in [0.25, 0.3) is 0 Å². The number of carbonyl (C=O) groups is 1. The van der Waals surface area contributed by atoms with Gasteiger partial charge in [-0.15, -0.1) is 0 Å². The Labute approximate surface area is 61.3 Å². The summed E-state index contributed by atoms with van der Waals surface area (Å²) in [7, 11) is 3.04. The summed E-state index contributed by atoms with van der Waals surface area (Å²) in [5.41, 5.74) is -0.769. The summed E-state index contributed by atoms with van der Waals surface area (Å²) in [5.74, 6) is -0.0168. The third-order valence-corrected chi connectivity index (χ3v) is 1.62. The summed E-state index contributed by atoms with van der Waals surface area (Å²) in [6, 6.07) is 0. The van der Waals surface area contributed by atoms with Gasteiger partial charge in [-0.2, -0.15) is 0 Å². The van der Waals surface area contributed by atoms with E-state index in [0.29, 0.717) is 6.61 Å². The van der Waals surface area contributed by atoms with Gasteiger partial charge in [-0.1, -0.05) is 0 Å². The lowest BCUT2D eigenvalue weighted by Crippen LogP contribution is -2.40. The van der Waals surface area contributed by atoms with E-state index in [2.05, 4.69) is 0 Å². The molecular weight excluding hydrogens is 132 g/mol. The molecule has 0 saturated heterocycles. The smallest absolute Gasteiger partial charge is 0.163 e. The van der Waals surface area contributed by atoms with Crippen molar-refractivity contribution >= 4 is 5.78 Å². The zero-order chi connectivity index (χ0) is 8.20. The minimum atomic E-state index is -0.769. The van der Waals surface area contributed by atoms with Crippen molar-refractivity contribution in [1.82, 2.24) is 0 Å². The summed E-state index contributed by atoms with van der Waals surface area (Å²) < 4.78 is 9.78. The molecule has 0 heterocycles. The first kappa shape index (κ1) is 9.59. The van der Waals surface area contributed by atoms with Gasteiger partial charge in [-0.05, 0) is 13.8 Å². The third kappa shape index (κ3) is 2.08. The molecule has 0 radical (unpaired) electrons. The molecule has 0 saturated carbocycles. The molecule has 0 aromatic carbocycles. The van der Waals surface area contributed by atoms with Crippen LogP contribution in [0.15, 0.2) is 0 Å². The molecule has 3 nitrogen and oxygen atoms in total. The number of ketones is 1. The Hall–Kier alpha value is -0.410. The van der Waals surface area contributed by atoms with Crippen molar-refractivity contribution in [3.8, 4) is 0 Å². The first-order valence-corrected chi connectivity index (χ1v) is 3.12. The highest BCUT2D eigenvalue weighted by atomic mass is 16.5. The van der Waals surface area contributed by atoms with Crippen LogP contribution in [0.3, 0.4) is 0 Å². The Morgan fingerprint density at radius 2 is 2.00 bits per heavy atom. The second kappa shape index (κ2) is 3.68. The van der Waals surface area contributed by atoms with Crippen LogP contribution in [0.5, 0.6) is 0 Å². The van der Waals surface area contributed by atoms with Gasteiger partial charge < -0.3 is 9.47 Å². The molecule has 0 aromatic heterocycles. The number of ether oxygens (including phenoxy) is 2. The zero-order valence-corrected chi connectivity index (χ0v) is 6.93. The second-order valence-corrected chi connectivity index (χ2v) is 2.42. The van der Waals surface area contributed by atoms with Gasteiger partial charge in [0.25, 0.3) is 0 Å². The number of rotatable bonds is 4. The number of carbonyl (C=O) groups excluding carboxylic acids is 1. The molecule has 0 aromatic rings. The van der Waals surface area contributed by atoms with E-state index in [9.17, 15) is 4.79 Å². The molecule has 60 valence electrons. The van der Waals surface area contributed by atoms with E-state index in [0.717, 1.165) is 0 Å². The molecular formula is C7H14O3. The average molecular weight is 146 g/mol. The van der Waals surface area contributed by atoms with Crippen LogP contribution in [-0.4, -0.2) is 32.2 Å². The number of Topliss-reactive ketones (excluding diaryl/α,β-unsaturated/α-hetero) is 1. The molecule has 0 aliphatic rings. The lowest BCUT2D eigenvalue weighted by atomic mass is 10.0. The Kier molecular flexibility index (Phi) is 3.53. The SMILES string of the molecule is COCC(C)(OC)C(C)=O. The summed E-state index contributed by atoms with van der Waals surface area (Å²) >= 11 is 0. The van der Waals surface area contributed by atoms with Gasteiger partial charge in [0.2, 0.25) is 0 Å². The molecule has 10 heavy (non-hydrogen) atoms. The van der Waals surface area contributed by atoms with Crippen molar-refractivity contribution in [3.63, 3.8) is 0 Å². The lowest BCUT2D eigenvalue weighted by molar-refractivity contribution is -0.142. The van der Waals surface area contributed by atoms with Gasteiger partial charge in [-0.25, -0.2) is 0 Å². The van der Waals surface area contributed by atoms with Crippen molar-refractivity contribution in [1.29, 1.82) is 0 Å². The standard InChI is InChI=1S/C7H14O3/c1-6(8)7(2,10-4)5-9-3/h5H2,1-4H3.